The number of halogens is 1. The second kappa shape index (κ2) is 10.2. The van der Waals surface area contributed by atoms with Crippen molar-refractivity contribution in [3.63, 3.8) is 0 Å². The predicted molar refractivity (Wildman–Crippen MR) is 143 cm³/mol. The standard InChI is InChI=1S/C29H22BrN3O3/c1-3-35-29(34)24-16-21-12-13-26(31-2)32-28(21)33(24)17-22-15-23(30)14-20-10-7-11-25(27(20)22)36-18-19-8-5-4-6-9-19/h4-16H,3,17-18H2,1H3. The summed E-state index contributed by atoms with van der Waals surface area (Å²) in [7, 11) is 0. The molecular weight excluding hydrogens is 518 g/mol. The highest BCUT2D eigenvalue weighted by atomic mass is 79.9. The van der Waals surface area contributed by atoms with Gasteiger partial charge >= 0.3 is 5.97 Å². The molecule has 0 amide bonds. The molecule has 0 aliphatic heterocycles. The third-order valence-electron chi connectivity index (χ3n) is 5.88. The Hall–Kier alpha value is -4.15. The molecule has 0 N–H and O–H groups in total. The number of nitrogens with zero attached hydrogens (tertiary/aromatic N) is 3. The summed E-state index contributed by atoms with van der Waals surface area (Å²) in [5, 5.41) is 2.73. The minimum absolute atomic E-state index is 0.262. The van der Waals surface area contributed by atoms with E-state index in [4.69, 9.17) is 16.0 Å². The molecule has 36 heavy (non-hydrogen) atoms. The van der Waals surface area contributed by atoms with Gasteiger partial charge in [0.1, 0.15) is 18.1 Å². The lowest BCUT2D eigenvalue weighted by Gasteiger charge is -2.15. The second-order valence-corrected chi connectivity index (χ2v) is 9.14. The van der Waals surface area contributed by atoms with Crippen LogP contribution < -0.4 is 4.74 Å². The molecule has 178 valence electrons. The lowest BCUT2D eigenvalue weighted by molar-refractivity contribution is 0.0515. The topological polar surface area (TPSA) is 57.7 Å². The first-order valence-electron chi connectivity index (χ1n) is 11.5. The van der Waals surface area contributed by atoms with Crippen LogP contribution in [0.1, 0.15) is 28.5 Å². The van der Waals surface area contributed by atoms with Gasteiger partial charge in [0.2, 0.25) is 5.65 Å². The molecule has 0 bridgehead atoms. The predicted octanol–water partition coefficient (Wildman–Crippen LogP) is 7.31. The molecule has 0 radical (unpaired) electrons. The van der Waals surface area contributed by atoms with Crippen molar-refractivity contribution in [3.8, 4) is 5.75 Å². The number of fused-ring (bicyclic) bond motifs is 2. The molecule has 0 aliphatic carbocycles. The zero-order chi connectivity index (χ0) is 25.1. The van der Waals surface area contributed by atoms with Gasteiger partial charge in [-0.1, -0.05) is 71.0 Å². The van der Waals surface area contributed by atoms with Crippen molar-refractivity contribution < 1.29 is 14.3 Å². The first-order chi connectivity index (χ1) is 17.6. The summed E-state index contributed by atoms with van der Waals surface area (Å²) in [5.74, 6) is 0.589. The van der Waals surface area contributed by atoms with Crippen molar-refractivity contribution in [2.24, 2.45) is 0 Å². The van der Waals surface area contributed by atoms with Gasteiger partial charge in [0.05, 0.1) is 13.2 Å². The van der Waals surface area contributed by atoms with Crippen molar-refractivity contribution >= 4 is 49.5 Å². The van der Waals surface area contributed by atoms with E-state index in [0.717, 1.165) is 37.5 Å². The molecule has 0 spiro atoms. The van der Waals surface area contributed by atoms with E-state index >= 15 is 0 Å². The number of carbonyl (C=O) groups excluding carboxylic acids is 1. The largest absolute Gasteiger partial charge is 0.488 e. The normalized spacial score (nSPS) is 10.9. The number of benzene rings is 3. The maximum absolute atomic E-state index is 12.9. The molecule has 0 saturated heterocycles. The van der Waals surface area contributed by atoms with E-state index in [2.05, 4.69) is 25.8 Å². The quantitative estimate of drug-likeness (QED) is 0.161. The Morgan fingerprint density at radius 1 is 1.03 bits per heavy atom. The molecular formula is C29H22BrN3O3. The molecule has 5 aromatic rings. The molecule has 2 heterocycles. The molecule has 6 nitrogen and oxygen atoms in total. The number of aromatic nitrogens is 2. The van der Waals surface area contributed by atoms with Gasteiger partial charge < -0.3 is 14.3 Å². The number of hydrogen-bond donors (Lipinski definition) is 0. The first kappa shape index (κ1) is 23.6. The van der Waals surface area contributed by atoms with E-state index in [9.17, 15) is 4.79 Å². The molecule has 3 aromatic carbocycles. The number of ether oxygens (including phenoxy) is 2. The highest BCUT2D eigenvalue weighted by Crippen LogP contribution is 2.34. The van der Waals surface area contributed by atoms with Gasteiger partial charge in [0.15, 0.2) is 0 Å². The maximum atomic E-state index is 12.9. The minimum atomic E-state index is -0.431. The van der Waals surface area contributed by atoms with Crippen LogP contribution in [-0.2, 0) is 17.9 Å². The average molecular weight is 540 g/mol. The van der Waals surface area contributed by atoms with E-state index in [1.54, 1.807) is 19.1 Å². The summed E-state index contributed by atoms with van der Waals surface area (Å²) in [6.07, 6.45) is 0. The summed E-state index contributed by atoms with van der Waals surface area (Å²) in [6.45, 7) is 10.2. The number of esters is 1. The van der Waals surface area contributed by atoms with Gasteiger partial charge in [0, 0.05) is 15.2 Å². The van der Waals surface area contributed by atoms with Crippen LogP contribution >= 0.6 is 15.9 Å². The van der Waals surface area contributed by atoms with Crippen LogP contribution in [0.3, 0.4) is 0 Å². The average Bonchev–Trinajstić information content (AvgIpc) is 3.25. The third kappa shape index (κ3) is 4.68. The summed E-state index contributed by atoms with van der Waals surface area (Å²) < 4.78 is 14.3. The summed E-state index contributed by atoms with van der Waals surface area (Å²) in [5.41, 5.74) is 2.96. The fraction of sp³-hybridized carbons (Fsp3) is 0.138. The highest BCUT2D eigenvalue weighted by molar-refractivity contribution is 9.10. The van der Waals surface area contributed by atoms with Crippen molar-refractivity contribution in [3.05, 3.63) is 112 Å². The molecule has 5 rings (SSSR count). The number of hydrogen-bond acceptors (Lipinski definition) is 4. The van der Waals surface area contributed by atoms with Gasteiger partial charge in [-0.25, -0.2) is 4.79 Å². The van der Waals surface area contributed by atoms with Crippen LogP contribution in [0, 0.1) is 6.57 Å². The molecule has 7 heteroatoms. The number of pyridine rings is 1. The molecule has 0 saturated carbocycles. The van der Waals surface area contributed by atoms with E-state index in [0.29, 0.717) is 24.5 Å². The van der Waals surface area contributed by atoms with E-state index in [1.165, 1.54) is 0 Å². The zero-order valence-corrected chi connectivity index (χ0v) is 21.2. The summed E-state index contributed by atoms with van der Waals surface area (Å²) in [6, 6.07) is 25.3. The number of carbonyl (C=O) groups is 1. The molecule has 2 aromatic heterocycles. The lowest BCUT2D eigenvalue weighted by atomic mass is 10.0. The van der Waals surface area contributed by atoms with E-state index in [1.807, 2.05) is 71.3 Å². The van der Waals surface area contributed by atoms with Gasteiger partial charge in [-0.05, 0) is 53.8 Å². The van der Waals surface area contributed by atoms with Gasteiger partial charge in [-0.3, -0.25) is 4.57 Å². The molecule has 0 aliphatic rings. The van der Waals surface area contributed by atoms with Crippen LogP contribution in [0.5, 0.6) is 5.75 Å². The van der Waals surface area contributed by atoms with Gasteiger partial charge in [0.25, 0.3) is 5.82 Å². The Morgan fingerprint density at radius 2 is 1.86 bits per heavy atom. The van der Waals surface area contributed by atoms with Gasteiger partial charge in [-0.2, -0.15) is 0 Å². The SMILES string of the molecule is [C-]#[N+]c1ccc2cc(C(=O)OCC)n(Cc3cc(Br)cc4cccc(OCc5ccccc5)c34)c2n1. The Balaban J connectivity index is 1.64. The van der Waals surface area contributed by atoms with Crippen molar-refractivity contribution in [2.45, 2.75) is 20.1 Å². The van der Waals surface area contributed by atoms with Crippen LogP contribution in [0.2, 0.25) is 0 Å². The fourth-order valence-electron chi connectivity index (χ4n) is 4.31. The van der Waals surface area contributed by atoms with Crippen LogP contribution in [0.15, 0.2) is 83.3 Å². The van der Waals surface area contributed by atoms with Gasteiger partial charge in [-0.15, -0.1) is 4.98 Å². The van der Waals surface area contributed by atoms with Crippen molar-refractivity contribution in [1.29, 1.82) is 0 Å². The van der Waals surface area contributed by atoms with Crippen LogP contribution in [-0.4, -0.2) is 22.1 Å². The molecule has 0 unspecified atom stereocenters. The zero-order valence-electron chi connectivity index (χ0n) is 19.6. The molecule has 0 fully saturated rings. The van der Waals surface area contributed by atoms with E-state index < -0.39 is 5.97 Å². The highest BCUT2D eigenvalue weighted by Gasteiger charge is 2.22. The monoisotopic (exact) mass is 539 g/mol. The maximum Gasteiger partial charge on any atom is 0.355 e. The summed E-state index contributed by atoms with van der Waals surface area (Å²) in [4.78, 5) is 20.9. The Kier molecular flexibility index (Phi) is 6.70. The summed E-state index contributed by atoms with van der Waals surface area (Å²) >= 11 is 3.64. The smallest absolute Gasteiger partial charge is 0.355 e. The van der Waals surface area contributed by atoms with E-state index in [-0.39, 0.29) is 12.4 Å². The first-order valence-corrected chi connectivity index (χ1v) is 12.3. The van der Waals surface area contributed by atoms with Crippen LogP contribution in [0.4, 0.5) is 5.82 Å². The van der Waals surface area contributed by atoms with Crippen molar-refractivity contribution in [2.75, 3.05) is 6.61 Å². The molecule has 0 atom stereocenters. The second-order valence-electron chi connectivity index (χ2n) is 8.22. The third-order valence-corrected chi connectivity index (χ3v) is 6.34. The Morgan fingerprint density at radius 3 is 2.64 bits per heavy atom. The Bertz CT molecular complexity index is 1620. The number of rotatable bonds is 7. The lowest BCUT2D eigenvalue weighted by Crippen LogP contribution is -2.13. The minimum Gasteiger partial charge on any atom is -0.488 e. The van der Waals surface area contributed by atoms with Crippen LogP contribution in [0.25, 0.3) is 26.7 Å². The van der Waals surface area contributed by atoms with Crippen molar-refractivity contribution in [1.82, 2.24) is 9.55 Å². The fourth-order valence-corrected chi connectivity index (χ4v) is 4.83. The Labute approximate surface area is 217 Å².